The lowest BCUT2D eigenvalue weighted by atomic mass is 9.97. The van der Waals surface area contributed by atoms with Crippen molar-refractivity contribution in [3.63, 3.8) is 0 Å². The van der Waals surface area contributed by atoms with Crippen molar-refractivity contribution in [2.45, 2.75) is 23.9 Å². The van der Waals surface area contributed by atoms with Gasteiger partial charge in [0, 0.05) is 37.2 Å². The van der Waals surface area contributed by atoms with E-state index in [9.17, 15) is 8.42 Å². The van der Waals surface area contributed by atoms with Gasteiger partial charge in [-0.05, 0) is 52.9 Å². The lowest BCUT2D eigenvalue weighted by Crippen LogP contribution is -2.61. The largest absolute Gasteiger partial charge is 0.293 e. The van der Waals surface area contributed by atoms with E-state index in [-0.39, 0.29) is 6.04 Å². The topological polar surface area (TPSA) is 40.6 Å². The van der Waals surface area contributed by atoms with Gasteiger partial charge >= 0.3 is 0 Å². The normalized spacial score (nSPS) is 18.0. The molecule has 0 radical (unpaired) electrons. The summed E-state index contributed by atoms with van der Waals surface area (Å²) in [5.41, 5.74) is 4.60. The van der Waals surface area contributed by atoms with Crippen molar-refractivity contribution >= 4 is 21.6 Å². The molecule has 3 aromatic rings. The van der Waals surface area contributed by atoms with E-state index >= 15 is 0 Å². The SMILES string of the molecule is O=S(=O)(c1cccc(-c2ccc(Cl)cc2)c1)N1CC(N2CCc3ccccc3C2)C1. The molecule has 2 aliphatic heterocycles. The molecular weight excluding hydrogens is 416 g/mol. The van der Waals surface area contributed by atoms with Gasteiger partial charge in [0.1, 0.15) is 0 Å². The second kappa shape index (κ2) is 7.82. The van der Waals surface area contributed by atoms with Gasteiger partial charge in [0.25, 0.3) is 0 Å². The average Bonchev–Trinajstić information content (AvgIpc) is 2.73. The summed E-state index contributed by atoms with van der Waals surface area (Å²) in [7, 11) is -3.49. The first-order valence-electron chi connectivity index (χ1n) is 10.2. The molecule has 6 heteroatoms. The maximum absolute atomic E-state index is 13.2. The Morgan fingerprint density at radius 3 is 2.33 bits per heavy atom. The van der Waals surface area contributed by atoms with E-state index in [4.69, 9.17) is 11.6 Å². The van der Waals surface area contributed by atoms with E-state index in [1.807, 2.05) is 30.3 Å². The van der Waals surface area contributed by atoms with Crippen LogP contribution in [0.1, 0.15) is 11.1 Å². The number of nitrogens with zero attached hydrogens (tertiary/aromatic N) is 2. The van der Waals surface area contributed by atoms with Gasteiger partial charge in [0.2, 0.25) is 10.0 Å². The van der Waals surface area contributed by atoms with Crippen LogP contribution in [0.25, 0.3) is 11.1 Å². The standard InChI is InChI=1S/C24H23ClN2O2S/c25-22-10-8-19(9-11-22)20-6-3-7-24(14-20)30(28,29)27-16-23(17-27)26-13-12-18-4-1-2-5-21(18)15-26/h1-11,14,23H,12-13,15-17H2. The van der Waals surface area contributed by atoms with Crippen LogP contribution in [-0.2, 0) is 23.0 Å². The fraction of sp³-hybridized carbons (Fsp3) is 0.250. The fourth-order valence-corrected chi connectivity index (χ4v) is 5.99. The second-order valence-corrected chi connectivity index (χ2v) is 10.4. The zero-order valence-electron chi connectivity index (χ0n) is 16.5. The van der Waals surface area contributed by atoms with Gasteiger partial charge < -0.3 is 0 Å². The first-order chi connectivity index (χ1) is 14.5. The highest BCUT2D eigenvalue weighted by Crippen LogP contribution is 2.30. The molecule has 154 valence electrons. The van der Waals surface area contributed by atoms with E-state index < -0.39 is 10.0 Å². The Labute approximate surface area is 182 Å². The summed E-state index contributed by atoms with van der Waals surface area (Å²) in [4.78, 5) is 2.76. The van der Waals surface area contributed by atoms with Crippen LogP contribution in [-0.4, -0.2) is 43.3 Å². The number of hydrogen-bond donors (Lipinski definition) is 0. The van der Waals surface area contributed by atoms with E-state index in [0.29, 0.717) is 23.0 Å². The van der Waals surface area contributed by atoms with Gasteiger partial charge in [-0.15, -0.1) is 0 Å². The molecule has 0 spiro atoms. The highest BCUT2D eigenvalue weighted by molar-refractivity contribution is 7.89. The predicted octanol–water partition coefficient (Wildman–Crippen LogP) is 4.44. The Bertz CT molecular complexity index is 1170. The highest BCUT2D eigenvalue weighted by atomic mass is 35.5. The number of rotatable bonds is 4. The van der Waals surface area contributed by atoms with Crippen molar-refractivity contribution in [3.8, 4) is 11.1 Å². The minimum atomic E-state index is -3.49. The Balaban J connectivity index is 1.29. The molecule has 0 bridgehead atoms. The third-order valence-electron chi connectivity index (χ3n) is 6.15. The summed E-state index contributed by atoms with van der Waals surface area (Å²) in [6, 6.07) is 23.4. The Morgan fingerprint density at radius 2 is 1.57 bits per heavy atom. The van der Waals surface area contributed by atoms with Gasteiger partial charge in [-0.25, -0.2) is 8.42 Å². The molecule has 0 aliphatic carbocycles. The van der Waals surface area contributed by atoms with Crippen molar-refractivity contribution in [1.82, 2.24) is 9.21 Å². The summed E-state index contributed by atoms with van der Waals surface area (Å²) in [5, 5.41) is 0.662. The maximum atomic E-state index is 13.2. The van der Waals surface area contributed by atoms with Crippen molar-refractivity contribution in [2.24, 2.45) is 0 Å². The Morgan fingerprint density at radius 1 is 0.833 bits per heavy atom. The minimum absolute atomic E-state index is 0.285. The van der Waals surface area contributed by atoms with Crippen molar-refractivity contribution in [1.29, 1.82) is 0 Å². The van der Waals surface area contributed by atoms with Crippen LogP contribution >= 0.6 is 11.6 Å². The zero-order valence-corrected chi connectivity index (χ0v) is 18.1. The molecule has 5 rings (SSSR count). The van der Waals surface area contributed by atoms with Gasteiger partial charge in [0.05, 0.1) is 4.90 Å². The first kappa shape index (κ1) is 19.8. The van der Waals surface area contributed by atoms with Crippen molar-refractivity contribution < 1.29 is 8.42 Å². The van der Waals surface area contributed by atoms with Crippen LogP contribution in [0.3, 0.4) is 0 Å². The second-order valence-electron chi connectivity index (χ2n) is 8.00. The molecule has 2 aliphatic rings. The maximum Gasteiger partial charge on any atom is 0.243 e. The molecule has 2 heterocycles. The summed E-state index contributed by atoms with van der Waals surface area (Å²) < 4.78 is 27.9. The molecule has 4 nitrogen and oxygen atoms in total. The van der Waals surface area contributed by atoms with Gasteiger partial charge in [-0.1, -0.05) is 60.1 Å². The van der Waals surface area contributed by atoms with Crippen LogP contribution in [0.2, 0.25) is 5.02 Å². The van der Waals surface area contributed by atoms with Gasteiger partial charge in [-0.3, -0.25) is 4.90 Å². The zero-order chi connectivity index (χ0) is 20.7. The third kappa shape index (κ3) is 3.67. The molecule has 0 atom stereocenters. The molecule has 0 aromatic heterocycles. The monoisotopic (exact) mass is 438 g/mol. The number of fused-ring (bicyclic) bond motifs is 1. The van der Waals surface area contributed by atoms with E-state index in [1.165, 1.54) is 11.1 Å². The summed E-state index contributed by atoms with van der Waals surface area (Å²) >= 11 is 5.97. The summed E-state index contributed by atoms with van der Waals surface area (Å²) in [5.74, 6) is 0. The van der Waals surface area contributed by atoms with Crippen molar-refractivity contribution in [3.05, 3.63) is 88.9 Å². The summed E-state index contributed by atoms with van der Waals surface area (Å²) in [6.45, 7) is 2.99. The molecule has 30 heavy (non-hydrogen) atoms. The molecule has 1 fully saturated rings. The molecule has 1 saturated heterocycles. The van der Waals surface area contributed by atoms with E-state index in [2.05, 4.69) is 29.2 Å². The van der Waals surface area contributed by atoms with Gasteiger partial charge in [0.15, 0.2) is 0 Å². The quantitative estimate of drug-likeness (QED) is 0.604. The van der Waals surface area contributed by atoms with Crippen LogP contribution in [0, 0.1) is 0 Å². The Kier molecular flexibility index (Phi) is 5.15. The lowest BCUT2D eigenvalue weighted by molar-refractivity contribution is 0.0769. The molecule has 0 amide bonds. The lowest BCUT2D eigenvalue weighted by Gasteiger charge is -2.46. The molecular formula is C24H23ClN2O2S. The predicted molar refractivity (Wildman–Crippen MR) is 120 cm³/mol. The van der Waals surface area contributed by atoms with Crippen molar-refractivity contribution in [2.75, 3.05) is 19.6 Å². The number of halogens is 1. The third-order valence-corrected chi connectivity index (χ3v) is 8.23. The first-order valence-corrected chi connectivity index (χ1v) is 12.0. The van der Waals surface area contributed by atoms with Crippen LogP contribution in [0.15, 0.2) is 77.7 Å². The average molecular weight is 439 g/mol. The van der Waals surface area contributed by atoms with Gasteiger partial charge in [-0.2, -0.15) is 4.31 Å². The molecule has 0 N–H and O–H groups in total. The number of hydrogen-bond acceptors (Lipinski definition) is 3. The molecule has 0 saturated carbocycles. The van der Waals surface area contributed by atoms with Crippen LogP contribution in [0.5, 0.6) is 0 Å². The van der Waals surface area contributed by atoms with E-state index in [1.54, 1.807) is 22.5 Å². The van der Waals surface area contributed by atoms with E-state index in [0.717, 1.165) is 30.6 Å². The smallest absolute Gasteiger partial charge is 0.243 e. The van der Waals surface area contributed by atoms with Crippen LogP contribution in [0.4, 0.5) is 0 Å². The number of sulfonamides is 1. The Hall–Kier alpha value is -2.18. The highest BCUT2D eigenvalue weighted by Gasteiger charge is 2.40. The minimum Gasteiger partial charge on any atom is -0.293 e. The van der Waals surface area contributed by atoms with Crippen LogP contribution < -0.4 is 0 Å². The molecule has 0 unspecified atom stereocenters. The number of benzene rings is 3. The molecule has 3 aromatic carbocycles. The fourth-order valence-electron chi connectivity index (χ4n) is 4.30. The summed E-state index contributed by atoms with van der Waals surface area (Å²) in [6.07, 6.45) is 1.03.